The quantitative estimate of drug-likeness (QED) is 0.827. The van der Waals surface area contributed by atoms with Gasteiger partial charge in [0.15, 0.2) is 0 Å². The van der Waals surface area contributed by atoms with Crippen molar-refractivity contribution in [1.29, 1.82) is 0 Å². The summed E-state index contributed by atoms with van der Waals surface area (Å²) in [6.45, 7) is 10.6. The van der Waals surface area contributed by atoms with Crippen LogP contribution >= 0.6 is 0 Å². The smallest absolute Gasteiger partial charge is 0.0125 e. The Labute approximate surface area is 124 Å². The van der Waals surface area contributed by atoms with E-state index >= 15 is 0 Å². The van der Waals surface area contributed by atoms with E-state index in [1.165, 1.54) is 44.3 Å². The minimum atomic E-state index is 0.332. The lowest BCUT2D eigenvalue weighted by molar-refractivity contribution is 0.0964. The number of likely N-dealkylation sites (tertiary alicyclic amines) is 1. The maximum atomic E-state index is 3.74. The average molecular weight is 274 g/mol. The van der Waals surface area contributed by atoms with Crippen LogP contribution in [0.15, 0.2) is 30.3 Å². The molecule has 0 aliphatic carbocycles. The molecule has 20 heavy (non-hydrogen) atoms. The van der Waals surface area contributed by atoms with Gasteiger partial charge in [0.1, 0.15) is 0 Å². The van der Waals surface area contributed by atoms with Crippen LogP contribution in [-0.4, -0.2) is 36.1 Å². The van der Waals surface area contributed by atoms with Gasteiger partial charge in [-0.25, -0.2) is 0 Å². The number of benzene rings is 1. The maximum Gasteiger partial charge on any atom is 0.0125 e. The number of piperidine rings is 1. The first-order chi connectivity index (χ1) is 9.55. The van der Waals surface area contributed by atoms with Crippen molar-refractivity contribution < 1.29 is 0 Å². The SMILES string of the molecule is CC(C)(C)N1CCC(NCCCc2ccccc2)CC1. The molecule has 1 heterocycles. The Morgan fingerprint density at radius 1 is 1.10 bits per heavy atom. The van der Waals surface area contributed by atoms with Gasteiger partial charge in [-0.15, -0.1) is 0 Å². The molecule has 0 aromatic heterocycles. The van der Waals surface area contributed by atoms with E-state index in [2.05, 4.69) is 61.3 Å². The van der Waals surface area contributed by atoms with E-state index < -0.39 is 0 Å². The van der Waals surface area contributed by atoms with Crippen molar-refractivity contribution >= 4 is 0 Å². The number of hydrogen-bond acceptors (Lipinski definition) is 2. The molecule has 2 nitrogen and oxygen atoms in total. The summed E-state index contributed by atoms with van der Waals surface area (Å²) in [7, 11) is 0. The monoisotopic (exact) mass is 274 g/mol. The molecule has 0 atom stereocenters. The van der Waals surface area contributed by atoms with Gasteiger partial charge in [-0.1, -0.05) is 30.3 Å². The minimum absolute atomic E-state index is 0.332. The third kappa shape index (κ3) is 4.92. The van der Waals surface area contributed by atoms with Crippen LogP contribution in [0.2, 0.25) is 0 Å². The van der Waals surface area contributed by atoms with E-state index in [0.717, 1.165) is 12.6 Å². The molecule has 1 saturated heterocycles. The highest BCUT2D eigenvalue weighted by Gasteiger charge is 2.26. The zero-order valence-electron chi connectivity index (χ0n) is 13.4. The van der Waals surface area contributed by atoms with Gasteiger partial charge in [0.25, 0.3) is 0 Å². The van der Waals surface area contributed by atoms with Gasteiger partial charge in [0, 0.05) is 24.7 Å². The molecule has 2 rings (SSSR count). The summed E-state index contributed by atoms with van der Waals surface area (Å²) >= 11 is 0. The number of hydrogen-bond donors (Lipinski definition) is 1. The lowest BCUT2D eigenvalue weighted by Gasteiger charge is -2.41. The summed E-state index contributed by atoms with van der Waals surface area (Å²) in [5, 5.41) is 3.74. The summed E-state index contributed by atoms with van der Waals surface area (Å²) in [4.78, 5) is 2.61. The van der Waals surface area contributed by atoms with E-state index in [0.29, 0.717) is 5.54 Å². The fraction of sp³-hybridized carbons (Fsp3) is 0.667. The van der Waals surface area contributed by atoms with Gasteiger partial charge in [-0.3, -0.25) is 4.90 Å². The first kappa shape index (κ1) is 15.5. The van der Waals surface area contributed by atoms with Gasteiger partial charge >= 0.3 is 0 Å². The first-order valence-corrected chi connectivity index (χ1v) is 8.08. The second-order valence-electron chi connectivity index (χ2n) is 6.98. The van der Waals surface area contributed by atoms with Crippen molar-refractivity contribution in [1.82, 2.24) is 10.2 Å². The van der Waals surface area contributed by atoms with E-state index in [1.54, 1.807) is 0 Å². The minimum Gasteiger partial charge on any atom is -0.314 e. The molecule has 0 amide bonds. The molecule has 1 aromatic rings. The lowest BCUT2D eigenvalue weighted by Crippen LogP contribution is -2.50. The second-order valence-corrected chi connectivity index (χ2v) is 6.98. The summed E-state index contributed by atoms with van der Waals surface area (Å²) < 4.78 is 0. The molecule has 2 heteroatoms. The third-order valence-corrected chi connectivity index (χ3v) is 4.36. The highest BCUT2D eigenvalue weighted by molar-refractivity contribution is 5.14. The van der Waals surface area contributed by atoms with Crippen LogP contribution in [-0.2, 0) is 6.42 Å². The lowest BCUT2D eigenvalue weighted by atomic mass is 9.98. The molecule has 112 valence electrons. The summed E-state index contributed by atoms with van der Waals surface area (Å²) in [5.74, 6) is 0. The predicted molar refractivity (Wildman–Crippen MR) is 87.1 cm³/mol. The zero-order valence-corrected chi connectivity index (χ0v) is 13.4. The molecule has 1 N–H and O–H groups in total. The predicted octanol–water partition coefficient (Wildman–Crippen LogP) is 3.47. The molecule has 0 radical (unpaired) electrons. The third-order valence-electron chi connectivity index (χ3n) is 4.36. The molecule has 1 aliphatic rings. The van der Waals surface area contributed by atoms with Crippen LogP contribution < -0.4 is 5.32 Å². The highest BCUT2D eigenvalue weighted by atomic mass is 15.2. The van der Waals surface area contributed by atoms with Crippen LogP contribution in [0, 0.1) is 0 Å². The van der Waals surface area contributed by atoms with Gasteiger partial charge < -0.3 is 5.32 Å². The molecular formula is C18H30N2. The van der Waals surface area contributed by atoms with Gasteiger partial charge in [-0.05, 0) is 58.6 Å². The van der Waals surface area contributed by atoms with Crippen LogP contribution in [0.1, 0.15) is 45.6 Å². The Morgan fingerprint density at radius 2 is 1.75 bits per heavy atom. The van der Waals surface area contributed by atoms with Crippen molar-refractivity contribution in [2.75, 3.05) is 19.6 Å². The number of rotatable bonds is 5. The van der Waals surface area contributed by atoms with Crippen LogP contribution in [0.5, 0.6) is 0 Å². The second kappa shape index (κ2) is 7.24. The van der Waals surface area contributed by atoms with Gasteiger partial charge in [-0.2, -0.15) is 0 Å². The summed E-state index contributed by atoms with van der Waals surface area (Å²) in [6, 6.07) is 11.5. The Hall–Kier alpha value is -0.860. The molecule has 0 saturated carbocycles. The number of aryl methyl sites for hydroxylation is 1. The Balaban J connectivity index is 1.60. The van der Waals surface area contributed by atoms with E-state index in [4.69, 9.17) is 0 Å². The fourth-order valence-electron chi connectivity index (χ4n) is 3.00. The fourth-order valence-corrected chi connectivity index (χ4v) is 3.00. The topological polar surface area (TPSA) is 15.3 Å². The Kier molecular flexibility index (Phi) is 5.62. The normalized spacial score (nSPS) is 18.4. The van der Waals surface area contributed by atoms with Crippen LogP contribution in [0.25, 0.3) is 0 Å². The highest BCUT2D eigenvalue weighted by Crippen LogP contribution is 2.20. The summed E-state index contributed by atoms with van der Waals surface area (Å²) in [6.07, 6.45) is 5.02. The molecule has 1 aliphatic heterocycles. The zero-order chi connectivity index (χ0) is 14.4. The summed E-state index contributed by atoms with van der Waals surface area (Å²) in [5.41, 5.74) is 1.79. The van der Waals surface area contributed by atoms with E-state index in [1.807, 2.05) is 0 Å². The van der Waals surface area contributed by atoms with Crippen molar-refractivity contribution in [2.45, 2.75) is 58.0 Å². The van der Waals surface area contributed by atoms with Crippen molar-refractivity contribution in [3.05, 3.63) is 35.9 Å². The van der Waals surface area contributed by atoms with Crippen molar-refractivity contribution in [2.24, 2.45) is 0 Å². The molecule has 0 unspecified atom stereocenters. The van der Waals surface area contributed by atoms with Crippen LogP contribution in [0.3, 0.4) is 0 Å². The molecule has 0 bridgehead atoms. The average Bonchev–Trinajstić information content (AvgIpc) is 2.44. The molecular weight excluding hydrogens is 244 g/mol. The maximum absolute atomic E-state index is 3.74. The number of nitrogens with zero attached hydrogens (tertiary/aromatic N) is 1. The molecule has 1 fully saturated rings. The van der Waals surface area contributed by atoms with E-state index in [-0.39, 0.29) is 0 Å². The largest absolute Gasteiger partial charge is 0.314 e. The van der Waals surface area contributed by atoms with Crippen LogP contribution in [0.4, 0.5) is 0 Å². The van der Waals surface area contributed by atoms with Crippen molar-refractivity contribution in [3.8, 4) is 0 Å². The van der Waals surface area contributed by atoms with Gasteiger partial charge in [0.05, 0.1) is 0 Å². The first-order valence-electron chi connectivity index (χ1n) is 8.08. The Morgan fingerprint density at radius 3 is 2.35 bits per heavy atom. The van der Waals surface area contributed by atoms with Gasteiger partial charge in [0.2, 0.25) is 0 Å². The molecule has 1 aromatic carbocycles. The van der Waals surface area contributed by atoms with E-state index in [9.17, 15) is 0 Å². The standard InChI is InChI=1S/C18H30N2/c1-18(2,3)20-14-11-17(12-15-20)19-13-7-10-16-8-5-4-6-9-16/h4-6,8-9,17,19H,7,10-15H2,1-3H3. The van der Waals surface area contributed by atoms with Crippen molar-refractivity contribution in [3.63, 3.8) is 0 Å². The number of nitrogens with one attached hydrogen (secondary N) is 1. The Bertz CT molecular complexity index is 372. The molecule has 0 spiro atoms.